The number of aromatic amines is 1. The van der Waals surface area contributed by atoms with E-state index in [1.165, 1.54) is 35.0 Å². The lowest BCUT2D eigenvalue weighted by Gasteiger charge is -2.39. The van der Waals surface area contributed by atoms with E-state index in [1.807, 2.05) is 18.2 Å². The van der Waals surface area contributed by atoms with Crippen LogP contribution in [-0.2, 0) is 21.2 Å². The van der Waals surface area contributed by atoms with Crippen molar-refractivity contribution in [2.24, 2.45) is 11.3 Å². The molecule has 9 rings (SSSR count). The van der Waals surface area contributed by atoms with Crippen molar-refractivity contribution < 1.29 is 37.1 Å². The number of aromatic nitrogens is 2. The van der Waals surface area contributed by atoms with Crippen LogP contribution in [0.1, 0.15) is 73.9 Å². The molecular formula is C49H54ClN7O9S. The minimum atomic E-state index is -4.69. The molecule has 3 aliphatic heterocycles. The standard InChI is InChI=1S/C49H54ClN7O9S/c1-49(2)14-12-35(42(27-49)33-6-8-36(50)9-7-33)29-54-18-20-55(21-19-54)37-10-11-40(45(24-37)66-38-23-34-13-15-51-46(34)52-28-38)47(58)53-67(62,63)39-25-43(57(60)61)41-22-32(30-64-44(41)26-39)31-65-48(59)56-16-4-3-5-17-56/h6-11,13,15,23-26,28,32H,3-5,12,14,16-22,27,29-31H2,1-2H3,(H,51,52)(H,53,58)/t32-/m1/s1. The Balaban J connectivity index is 0.919. The van der Waals surface area contributed by atoms with Gasteiger partial charge in [0.2, 0.25) is 0 Å². The summed E-state index contributed by atoms with van der Waals surface area (Å²) in [4.78, 5) is 51.7. The first-order chi connectivity index (χ1) is 32.2. The number of ether oxygens (including phenoxy) is 3. The first-order valence-corrected chi connectivity index (χ1v) is 24.7. The number of hydrogen-bond acceptors (Lipinski definition) is 12. The molecule has 4 aliphatic rings. The van der Waals surface area contributed by atoms with Crippen LogP contribution in [-0.4, -0.2) is 104 Å². The number of piperazine rings is 1. The molecule has 18 heteroatoms. The van der Waals surface area contributed by atoms with Crippen LogP contribution in [0.5, 0.6) is 17.2 Å². The predicted octanol–water partition coefficient (Wildman–Crippen LogP) is 9.00. The number of H-pyrrole nitrogens is 1. The molecule has 5 aromatic rings. The third-order valence-electron chi connectivity index (χ3n) is 13.3. The van der Waals surface area contributed by atoms with Crippen molar-refractivity contribution in [1.29, 1.82) is 0 Å². The Morgan fingerprint density at radius 3 is 2.54 bits per heavy atom. The molecule has 0 unspecified atom stereocenters. The summed E-state index contributed by atoms with van der Waals surface area (Å²) in [5.41, 5.74) is 5.33. The third-order valence-corrected chi connectivity index (χ3v) is 14.8. The van der Waals surface area contributed by atoms with E-state index in [0.717, 1.165) is 80.3 Å². The van der Waals surface area contributed by atoms with Gasteiger partial charge in [-0.2, -0.15) is 0 Å². The van der Waals surface area contributed by atoms with Gasteiger partial charge in [0, 0.05) is 92.2 Å². The highest BCUT2D eigenvalue weighted by Gasteiger charge is 2.34. The number of allylic oxidation sites excluding steroid dienone is 1. The summed E-state index contributed by atoms with van der Waals surface area (Å²) in [6.07, 6.45) is 8.97. The maximum atomic E-state index is 14.1. The Bertz CT molecular complexity index is 2830. The molecule has 0 bridgehead atoms. The molecule has 0 radical (unpaired) electrons. The summed E-state index contributed by atoms with van der Waals surface area (Å²) in [5.74, 6) is -0.962. The number of nitrogens with one attached hydrogen (secondary N) is 2. The number of anilines is 1. The molecule has 1 aliphatic carbocycles. The van der Waals surface area contributed by atoms with Gasteiger partial charge in [0.25, 0.3) is 21.6 Å². The molecule has 2 fully saturated rings. The number of nitrogens with zero attached hydrogens (tertiary/aromatic N) is 5. The molecule has 2 N–H and O–H groups in total. The highest BCUT2D eigenvalue weighted by atomic mass is 35.5. The van der Waals surface area contributed by atoms with Gasteiger partial charge in [-0.3, -0.25) is 19.8 Å². The summed E-state index contributed by atoms with van der Waals surface area (Å²) >= 11 is 6.25. The number of likely N-dealkylation sites (tertiary alicyclic amines) is 1. The van der Waals surface area contributed by atoms with E-state index in [9.17, 15) is 28.1 Å². The van der Waals surface area contributed by atoms with Gasteiger partial charge in [-0.25, -0.2) is 22.9 Å². The lowest BCUT2D eigenvalue weighted by Crippen LogP contribution is -2.47. The number of nitro benzene ring substituents is 1. The summed E-state index contributed by atoms with van der Waals surface area (Å²) in [5, 5.41) is 13.9. The number of nitro groups is 1. The third kappa shape index (κ3) is 10.5. The van der Waals surface area contributed by atoms with Crippen LogP contribution in [0.2, 0.25) is 5.02 Å². The van der Waals surface area contributed by atoms with E-state index in [4.69, 9.17) is 25.8 Å². The number of hydrogen-bond donors (Lipinski definition) is 2. The van der Waals surface area contributed by atoms with Crippen molar-refractivity contribution in [3.8, 4) is 17.2 Å². The van der Waals surface area contributed by atoms with Crippen LogP contribution in [0, 0.1) is 21.4 Å². The van der Waals surface area contributed by atoms with Gasteiger partial charge in [0.15, 0.2) is 0 Å². The van der Waals surface area contributed by atoms with E-state index in [0.29, 0.717) is 37.6 Å². The van der Waals surface area contributed by atoms with Gasteiger partial charge in [-0.05, 0) is 97.9 Å². The second kappa shape index (κ2) is 19.2. The second-order valence-corrected chi connectivity index (χ2v) is 20.8. The zero-order chi connectivity index (χ0) is 46.9. The van der Waals surface area contributed by atoms with Gasteiger partial charge < -0.3 is 29.0 Å². The molecule has 352 valence electrons. The second-order valence-electron chi connectivity index (χ2n) is 18.7. The molecule has 0 saturated carbocycles. The van der Waals surface area contributed by atoms with Crippen LogP contribution in [0.4, 0.5) is 16.2 Å². The Hall–Kier alpha value is -6.17. The fraction of sp³-hybridized carbons (Fsp3) is 0.408. The number of carbonyl (C=O) groups is 2. The monoisotopic (exact) mass is 951 g/mol. The predicted molar refractivity (Wildman–Crippen MR) is 254 cm³/mol. The summed E-state index contributed by atoms with van der Waals surface area (Å²) in [6.45, 7) is 9.80. The van der Waals surface area contributed by atoms with Crippen LogP contribution in [0.15, 0.2) is 89.6 Å². The molecule has 2 saturated heterocycles. The van der Waals surface area contributed by atoms with Crippen LogP contribution in [0.25, 0.3) is 16.6 Å². The summed E-state index contributed by atoms with van der Waals surface area (Å²) in [6, 6.07) is 18.8. The minimum absolute atomic E-state index is 0.00293. The van der Waals surface area contributed by atoms with E-state index in [2.05, 4.69) is 50.5 Å². The number of piperidine rings is 1. The Labute approximate surface area is 394 Å². The quantitative estimate of drug-likeness (QED) is 0.0893. The molecule has 67 heavy (non-hydrogen) atoms. The number of sulfonamides is 1. The van der Waals surface area contributed by atoms with Gasteiger partial charge >= 0.3 is 6.09 Å². The lowest BCUT2D eigenvalue weighted by atomic mass is 9.72. The number of rotatable bonds is 12. The van der Waals surface area contributed by atoms with Crippen molar-refractivity contribution in [3.63, 3.8) is 0 Å². The smallest absolute Gasteiger partial charge is 0.409 e. The fourth-order valence-corrected chi connectivity index (χ4v) is 10.6. The van der Waals surface area contributed by atoms with Crippen molar-refractivity contribution >= 4 is 61.6 Å². The van der Waals surface area contributed by atoms with Crippen LogP contribution >= 0.6 is 11.6 Å². The van der Waals surface area contributed by atoms with Crippen molar-refractivity contribution in [3.05, 3.63) is 117 Å². The van der Waals surface area contributed by atoms with Gasteiger partial charge in [-0.1, -0.05) is 43.2 Å². The SMILES string of the molecule is CC1(C)CCC(CN2CCN(c3ccc(C(=O)NS(=O)(=O)c4cc5c(c([N+](=O)[O-])c4)C[C@@H](COC(=O)N4CCCCC4)CO5)c(Oc4cnc5[nH]ccc5c4)c3)CC2)=C(c2ccc(Cl)cc2)C1. The number of amides is 2. The molecule has 2 aromatic heterocycles. The molecular weight excluding hydrogens is 898 g/mol. The van der Waals surface area contributed by atoms with Crippen molar-refractivity contribution in [2.45, 2.75) is 63.7 Å². The number of halogens is 1. The number of fused-ring (bicyclic) bond motifs is 2. The zero-order valence-electron chi connectivity index (χ0n) is 37.6. The molecule has 5 heterocycles. The highest BCUT2D eigenvalue weighted by molar-refractivity contribution is 7.90. The summed E-state index contributed by atoms with van der Waals surface area (Å²) < 4.78 is 47.7. The highest BCUT2D eigenvalue weighted by Crippen LogP contribution is 2.44. The average molecular weight is 953 g/mol. The Morgan fingerprint density at radius 2 is 1.78 bits per heavy atom. The van der Waals surface area contributed by atoms with Gasteiger partial charge in [0.05, 0.1) is 40.4 Å². The zero-order valence-corrected chi connectivity index (χ0v) is 39.2. The molecule has 2 amide bonds. The van der Waals surface area contributed by atoms with Gasteiger partial charge in [-0.15, -0.1) is 0 Å². The fourth-order valence-electron chi connectivity index (χ4n) is 9.49. The molecule has 1 atom stereocenters. The molecule has 16 nitrogen and oxygen atoms in total. The van der Waals surface area contributed by atoms with E-state index >= 15 is 0 Å². The van der Waals surface area contributed by atoms with Crippen LogP contribution in [0.3, 0.4) is 0 Å². The largest absolute Gasteiger partial charge is 0.493 e. The van der Waals surface area contributed by atoms with Gasteiger partial charge in [0.1, 0.15) is 22.9 Å². The first-order valence-electron chi connectivity index (χ1n) is 22.8. The van der Waals surface area contributed by atoms with Crippen molar-refractivity contribution in [2.75, 3.05) is 63.9 Å². The van der Waals surface area contributed by atoms with E-state index < -0.39 is 37.5 Å². The first kappa shape index (κ1) is 46.0. The topological polar surface area (TPSA) is 190 Å². The average Bonchev–Trinajstić information content (AvgIpc) is 3.79. The minimum Gasteiger partial charge on any atom is -0.493 e. The number of carbonyl (C=O) groups excluding carboxylic acids is 2. The van der Waals surface area contributed by atoms with E-state index in [-0.39, 0.29) is 53.6 Å². The number of benzene rings is 3. The van der Waals surface area contributed by atoms with Crippen LogP contribution < -0.4 is 19.1 Å². The molecule has 0 spiro atoms. The Morgan fingerprint density at radius 1 is 1.00 bits per heavy atom. The molecule has 3 aromatic carbocycles. The summed E-state index contributed by atoms with van der Waals surface area (Å²) in [7, 11) is -4.69. The lowest BCUT2D eigenvalue weighted by molar-refractivity contribution is -0.386. The number of pyridine rings is 1. The van der Waals surface area contributed by atoms with Crippen molar-refractivity contribution in [1.82, 2.24) is 24.5 Å². The van der Waals surface area contributed by atoms with E-state index in [1.54, 1.807) is 29.3 Å². The maximum absolute atomic E-state index is 14.1. The maximum Gasteiger partial charge on any atom is 0.409 e. The normalized spacial score (nSPS) is 18.8. The Kier molecular flexibility index (Phi) is 13.2.